The van der Waals surface area contributed by atoms with Crippen molar-refractivity contribution in [1.29, 1.82) is 0 Å². The summed E-state index contributed by atoms with van der Waals surface area (Å²) < 4.78 is 4.60. The molecular formula is C14H24Na4O10. The van der Waals surface area contributed by atoms with Crippen LogP contribution < -0.4 is 134 Å². The van der Waals surface area contributed by atoms with Crippen LogP contribution in [0.4, 0.5) is 0 Å². The zero-order chi connectivity index (χ0) is 18.4. The van der Waals surface area contributed by atoms with E-state index in [0.29, 0.717) is 6.61 Å². The van der Waals surface area contributed by atoms with E-state index in [1.807, 2.05) is 0 Å². The number of aliphatic carboxylic acids is 3. The molecule has 1 aliphatic heterocycles. The molecule has 0 aliphatic carbocycles. The molecule has 3 atom stereocenters. The van der Waals surface area contributed by atoms with Crippen LogP contribution in [-0.4, -0.2) is 59.5 Å². The van der Waals surface area contributed by atoms with Crippen molar-refractivity contribution in [2.45, 2.75) is 39.2 Å². The zero-order valence-corrected chi connectivity index (χ0v) is 25.7. The van der Waals surface area contributed by atoms with E-state index in [2.05, 4.69) is 4.74 Å². The topological polar surface area (TPSA) is 203 Å². The number of aliphatic hydroxyl groups is 1. The average Bonchev–Trinajstić information content (AvgIpc) is 3.21. The molecule has 1 saturated heterocycles. The number of ether oxygens (including phenoxy) is 1. The van der Waals surface area contributed by atoms with Crippen LogP contribution in [0.3, 0.4) is 0 Å². The summed E-state index contributed by atoms with van der Waals surface area (Å²) in [5.74, 6) is -3.44. The van der Waals surface area contributed by atoms with Gasteiger partial charge in [-0.2, -0.15) is 0 Å². The third-order valence-corrected chi connectivity index (χ3v) is 2.43. The molecule has 0 amide bonds. The molecule has 1 rings (SSSR count). The second-order valence-corrected chi connectivity index (χ2v) is 5.27. The van der Waals surface area contributed by atoms with Gasteiger partial charge in [0, 0.05) is 25.0 Å². The molecule has 0 aromatic heterocycles. The van der Waals surface area contributed by atoms with Crippen molar-refractivity contribution >= 4 is 17.9 Å². The number of carbonyl (C=O) groups excluding carboxylic acids is 2. The summed E-state index contributed by atoms with van der Waals surface area (Å²) in [5.41, 5.74) is 0. The Kier molecular flexibility index (Phi) is 53.8. The van der Waals surface area contributed by atoms with Crippen molar-refractivity contribution < 1.29 is 168 Å². The molecule has 10 nitrogen and oxygen atoms in total. The van der Waals surface area contributed by atoms with E-state index in [1.165, 1.54) is 0 Å². The minimum absolute atomic E-state index is 0. The van der Waals surface area contributed by atoms with Crippen molar-refractivity contribution in [3.8, 4) is 0 Å². The fourth-order valence-corrected chi connectivity index (χ4v) is 1.08. The van der Waals surface area contributed by atoms with Gasteiger partial charge in [-0.25, -0.2) is 0 Å². The molecule has 144 valence electrons. The predicted octanol–water partition coefficient (Wildman–Crippen LogP) is -15.4. The minimum atomic E-state index is -1.15. The summed E-state index contributed by atoms with van der Waals surface area (Å²) in [5, 5.41) is 45.7. The summed E-state index contributed by atoms with van der Waals surface area (Å²) in [6.07, 6.45) is -0.0509. The molecular weight excluding hydrogens is 420 g/mol. The molecule has 3 N–H and O–H groups in total. The number of aliphatic hydroxyl groups excluding tert-OH is 1. The smallest absolute Gasteiger partial charge is 0.870 e. The Morgan fingerprint density at radius 3 is 1.54 bits per heavy atom. The van der Waals surface area contributed by atoms with E-state index < -0.39 is 17.9 Å². The summed E-state index contributed by atoms with van der Waals surface area (Å²) >= 11 is 0. The molecule has 1 unspecified atom stereocenters. The average molecular weight is 444 g/mol. The van der Waals surface area contributed by atoms with Gasteiger partial charge in [0.2, 0.25) is 0 Å². The fourth-order valence-electron chi connectivity index (χ4n) is 1.08. The zero-order valence-electron chi connectivity index (χ0n) is 17.7. The third kappa shape index (κ3) is 46.5. The predicted molar refractivity (Wildman–Crippen MR) is 73.5 cm³/mol. The molecule has 0 aromatic rings. The normalized spacial score (nSPS) is 14.4. The summed E-state index contributed by atoms with van der Waals surface area (Å²) in [6.45, 7) is 3.48. The van der Waals surface area contributed by atoms with Gasteiger partial charge in [0.15, 0.2) is 0 Å². The Bertz CT molecular complexity index is 348. The van der Waals surface area contributed by atoms with Crippen LogP contribution in [0.1, 0.15) is 33.1 Å². The van der Waals surface area contributed by atoms with Gasteiger partial charge in [-0.3, -0.25) is 4.79 Å². The summed E-state index contributed by atoms with van der Waals surface area (Å²) in [4.78, 5) is 29.2. The standard InChI is InChI=1S/C5H10O3.C5H9O3.C4H6O3.4Na.H2O/c2*1-4(3-6)2-5(7)8;5-4(6)1-3-2-7-3;;;;;/h4,6H,2-3H2,1H3,(H,7,8);4H,2-3H2,1H3,(H,7,8);3H,1-2H2,(H,5,6);;;;;1H2/q;-1;;4*+1;/p-3/t2*4-;;;;;;/m00....../s1. The first-order valence-corrected chi connectivity index (χ1v) is 7.04. The molecule has 0 spiro atoms. The molecule has 0 aromatic carbocycles. The van der Waals surface area contributed by atoms with Crippen molar-refractivity contribution in [3.05, 3.63) is 0 Å². The molecule has 1 aliphatic rings. The van der Waals surface area contributed by atoms with Crippen LogP contribution in [0.15, 0.2) is 0 Å². The number of carbonyl (C=O) groups is 3. The minimum Gasteiger partial charge on any atom is -0.870 e. The van der Waals surface area contributed by atoms with E-state index in [-0.39, 0.29) is 174 Å². The van der Waals surface area contributed by atoms with Crippen LogP contribution in [0.5, 0.6) is 0 Å². The molecule has 28 heavy (non-hydrogen) atoms. The first-order chi connectivity index (χ1) is 10.6. The van der Waals surface area contributed by atoms with Gasteiger partial charge in [0.1, 0.15) is 0 Å². The van der Waals surface area contributed by atoms with Gasteiger partial charge >= 0.3 is 124 Å². The maximum absolute atomic E-state index is 9.87. The van der Waals surface area contributed by atoms with Gasteiger partial charge < -0.3 is 45.3 Å². The van der Waals surface area contributed by atoms with Crippen LogP contribution in [-0.2, 0) is 19.1 Å². The van der Waals surface area contributed by atoms with E-state index in [0.717, 1.165) is 0 Å². The monoisotopic (exact) mass is 444 g/mol. The van der Waals surface area contributed by atoms with Crippen LogP contribution >= 0.6 is 0 Å². The van der Waals surface area contributed by atoms with Crippen molar-refractivity contribution in [3.63, 3.8) is 0 Å². The van der Waals surface area contributed by atoms with E-state index in [9.17, 15) is 29.7 Å². The Balaban J connectivity index is -0.0000000434. The third-order valence-electron chi connectivity index (χ3n) is 2.43. The number of epoxide rings is 1. The molecule has 14 heteroatoms. The van der Waals surface area contributed by atoms with E-state index in [1.54, 1.807) is 13.8 Å². The number of hydrogen-bond acceptors (Lipinski definition) is 9. The summed E-state index contributed by atoms with van der Waals surface area (Å²) in [7, 11) is 0. The van der Waals surface area contributed by atoms with Crippen LogP contribution in [0.2, 0.25) is 0 Å². The Hall–Kier alpha value is 2.25. The van der Waals surface area contributed by atoms with Gasteiger partial charge in [-0.05, 0) is 12.3 Å². The number of rotatable bonds is 8. The molecule has 0 radical (unpaired) electrons. The van der Waals surface area contributed by atoms with Crippen molar-refractivity contribution in [2.24, 2.45) is 11.8 Å². The Morgan fingerprint density at radius 1 is 1.00 bits per heavy atom. The SMILES string of the molecule is C[C@H](CO)CC(=O)O.C[C@H](C[O-])CC(=O)[O-].O=C([O-])CC1CO1.[Na+].[Na+].[Na+].[Na+].[OH-]. The largest absolute Gasteiger partial charge is 1.00 e. The maximum Gasteiger partial charge on any atom is 1.00 e. The quantitative estimate of drug-likeness (QED) is 0.267. The molecule has 0 bridgehead atoms. The Labute approximate surface area is 253 Å². The van der Waals surface area contributed by atoms with Gasteiger partial charge in [-0.1, -0.05) is 19.8 Å². The van der Waals surface area contributed by atoms with Crippen molar-refractivity contribution in [2.75, 3.05) is 19.8 Å². The second kappa shape index (κ2) is 31.4. The van der Waals surface area contributed by atoms with E-state index >= 15 is 0 Å². The van der Waals surface area contributed by atoms with Gasteiger partial charge in [0.05, 0.1) is 19.1 Å². The first kappa shape index (κ1) is 47.9. The van der Waals surface area contributed by atoms with Crippen LogP contribution in [0, 0.1) is 11.8 Å². The van der Waals surface area contributed by atoms with Crippen LogP contribution in [0.25, 0.3) is 0 Å². The van der Waals surface area contributed by atoms with E-state index in [4.69, 9.17) is 10.2 Å². The number of carboxylic acid groups (broad SMARTS) is 3. The molecule has 1 fully saturated rings. The van der Waals surface area contributed by atoms with Crippen molar-refractivity contribution in [1.82, 2.24) is 0 Å². The molecule has 1 heterocycles. The fraction of sp³-hybridized carbons (Fsp3) is 0.786. The number of hydrogen-bond donors (Lipinski definition) is 2. The maximum atomic E-state index is 9.87. The van der Waals surface area contributed by atoms with Gasteiger partial charge in [0.25, 0.3) is 0 Å². The summed E-state index contributed by atoms with van der Waals surface area (Å²) in [6, 6.07) is 0. The first-order valence-electron chi connectivity index (χ1n) is 7.04. The Morgan fingerprint density at radius 2 is 1.43 bits per heavy atom. The number of carboxylic acids is 3. The molecule has 0 saturated carbocycles. The second-order valence-electron chi connectivity index (χ2n) is 5.27. The van der Waals surface area contributed by atoms with Gasteiger partial charge in [-0.15, -0.1) is 6.61 Å².